The summed E-state index contributed by atoms with van der Waals surface area (Å²) in [5, 5.41) is 13.4. The maximum atomic E-state index is 11.4. The summed E-state index contributed by atoms with van der Waals surface area (Å²) in [4.78, 5) is 22.7. The Labute approximate surface area is 97.5 Å². The summed E-state index contributed by atoms with van der Waals surface area (Å²) in [7, 11) is 0. The van der Waals surface area contributed by atoms with E-state index >= 15 is 0 Å². The van der Waals surface area contributed by atoms with Gasteiger partial charge in [0.15, 0.2) is 0 Å². The lowest BCUT2D eigenvalue weighted by Gasteiger charge is -2.09. The van der Waals surface area contributed by atoms with Gasteiger partial charge in [0.05, 0.1) is 0 Å². The van der Waals surface area contributed by atoms with Gasteiger partial charge in [-0.05, 0) is 20.3 Å². The first-order chi connectivity index (χ1) is 7.52. The first-order valence-electron chi connectivity index (χ1n) is 4.95. The second-order valence-corrected chi connectivity index (χ2v) is 4.54. The first kappa shape index (κ1) is 12.6. The van der Waals surface area contributed by atoms with Crippen molar-refractivity contribution < 1.29 is 9.59 Å². The van der Waals surface area contributed by atoms with Gasteiger partial charge in [-0.1, -0.05) is 18.3 Å². The number of anilines is 1. The average molecular weight is 242 g/mol. The van der Waals surface area contributed by atoms with Crippen LogP contribution in [0.25, 0.3) is 0 Å². The van der Waals surface area contributed by atoms with E-state index in [0.717, 1.165) is 11.4 Å². The number of carbonyl (C=O) groups is 2. The van der Waals surface area contributed by atoms with E-state index in [-0.39, 0.29) is 6.04 Å². The van der Waals surface area contributed by atoms with E-state index in [4.69, 9.17) is 0 Å². The van der Waals surface area contributed by atoms with Crippen molar-refractivity contribution in [1.82, 2.24) is 15.5 Å². The summed E-state index contributed by atoms with van der Waals surface area (Å²) in [6.45, 7) is 5.53. The van der Waals surface area contributed by atoms with Gasteiger partial charge in [0, 0.05) is 6.04 Å². The lowest BCUT2D eigenvalue weighted by atomic mass is 10.2. The molecule has 0 saturated carbocycles. The lowest BCUT2D eigenvalue weighted by molar-refractivity contribution is -0.136. The van der Waals surface area contributed by atoms with Gasteiger partial charge in [0.25, 0.3) is 0 Å². The van der Waals surface area contributed by atoms with E-state index in [1.54, 1.807) is 6.92 Å². The Balaban J connectivity index is 2.49. The average Bonchev–Trinajstić information content (AvgIpc) is 2.63. The minimum atomic E-state index is -0.712. The third-order valence-corrected chi connectivity index (χ3v) is 2.70. The Morgan fingerprint density at radius 3 is 2.56 bits per heavy atom. The molecule has 1 aromatic heterocycles. The largest absolute Gasteiger partial charge is 0.345 e. The van der Waals surface area contributed by atoms with Crippen LogP contribution in [0.3, 0.4) is 0 Å². The molecule has 0 unspecified atom stereocenters. The molecule has 88 valence electrons. The summed E-state index contributed by atoms with van der Waals surface area (Å²) in [5.74, 6) is -1.36. The molecule has 0 fully saturated rings. The molecule has 7 heteroatoms. The van der Waals surface area contributed by atoms with Crippen molar-refractivity contribution in [1.29, 1.82) is 0 Å². The second-order valence-electron chi connectivity index (χ2n) is 3.36. The van der Waals surface area contributed by atoms with Gasteiger partial charge in [-0.15, -0.1) is 10.2 Å². The normalized spacial score (nSPS) is 11.9. The monoisotopic (exact) mass is 242 g/mol. The molecule has 0 spiro atoms. The number of aryl methyl sites for hydroxylation is 1. The first-order valence-corrected chi connectivity index (χ1v) is 5.76. The third kappa shape index (κ3) is 3.58. The Kier molecular flexibility index (Phi) is 4.36. The van der Waals surface area contributed by atoms with Crippen LogP contribution < -0.4 is 10.6 Å². The zero-order valence-corrected chi connectivity index (χ0v) is 10.2. The summed E-state index contributed by atoms with van der Waals surface area (Å²) < 4.78 is 0. The van der Waals surface area contributed by atoms with Crippen molar-refractivity contribution >= 4 is 28.3 Å². The van der Waals surface area contributed by atoms with Crippen LogP contribution in [0.4, 0.5) is 5.13 Å². The molecule has 1 rings (SSSR count). The van der Waals surface area contributed by atoms with Gasteiger partial charge in [0.1, 0.15) is 5.01 Å². The Hall–Kier alpha value is -1.50. The van der Waals surface area contributed by atoms with E-state index in [1.165, 1.54) is 11.3 Å². The maximum absolute atomic E-state index is 11.4. The van der Waals surface area contributed by atoms with E-state index in [2.05, 4.69) is 20.8 Å². The predicted octanol–water partition coefficient (Wildman–Crippen LogP) is 0.700. The van der Waals surface area contributed by atoms with E-state index in [9.17, 15) is 9.59 Å². The third-order valence-electron chi connectivity index (χ3n) is 1.94. The fourth-order valence-corrected chi connectivity index (χ4v) is 1.48. The summed E-state index contributed by atoms with van der Waals surface area (Å²) in [6, 6.07) is -0.0191. The fourth-order valence-electron chi connectivity index (χ4n) is 0.892. The Bertz CT molecular complexity index is 391. The van der Waals surface area contributed by atoms with Crippen LogP contribution in [0.5, 0.6) is 0 Å². The van der Waals surface area contributed by atoms with Crippen molar-refractivity contribution in [2.45, 2.75) is 33.2 Å². The topological polar surface area (TPSA) is 84.0 Å². The maximum Gasteiger partial charge on any atom is 0.315 e. The fraction of sp³-hybridized carbons (Fsp3) is 0.556. The number of hydrogen-bond donors (Lipinski definition) is 2. The highest BCUT2D eigenvalue weighted by molar-refractivity contribution is 7.15. The number of carbonyl (C=O) groups excluding carboxylic acids is 2. The molecule has 0 aliphatic carbocycles. The SMILES string of the molecule is CC[C@H](C)NC(=O)C(=O)Nc1nnc(C)s1. The van der Waals surface area contributed by atoms with Crippen molar-refractivity contribution in [2.24, 2.45) is 0 Å². The molecule has 0 aliphatic heterocycles. The standard InChI is InChI=1S/C9H14N4O2S/c1-4-5(2)10-7(14)8(15)11-9-13-12-6(3)16-9/h5H,4H2,1-3H3,(H,10,14)(H,11,13,15)/t5-/m0/s1. The molecule has 2 amide bonds. The lowest BCUT2D eigenvalue weighted by Crippen LogP contribution is -2.40. The van der Waals surface area contributed by atoms with Crippen molar-refractivity contribution in [3.8, 4) is 0 Å². The van der Waals surface area contributed by atoms with Gasteiger partial charge < -0.3 is 5.32 Å². The van der Waals surface area contributed by atoms with Gasteiger partial charge in [-0.25, -0.2) is 0 Å². The van der Waals surface area contributed by atoms with Crippen molar-refractivity contribution in [2.75, 3.05) is 5.32 Å². The van der Waals surface area contributed by atoms with Crippen LogP contribution in [0.2, 0.25) is 0 Å². The van der Waals surface area contributed by atoms with Crippen molar-refractivity contribution in [3.63, 3.8) is 0 Å². The second kappa shape index (κ2) is 5.55. The zero-order chi connectivity index (χ0) is 12.1. The smallest absolute Gasteiger partial charge is 0.315 e. The minimum Gasteiger partial charge on any atom is -0.345 e. The van der Waals surface area contributed by atoms with Gasteiger partial charge in [-0.3, -0.25) is 14.9 Å². The number of nitrogens with one attached hydrogen (secondary N) is 2. The van der Waals surface area contributed by atoms with Gasteiger partial charge in [-0.2, -0.15) is 0 Å². The van der Waals surface area contributed by atoms with Gasteiger partial charge >= 0.3 is 11.8 Å². The molecule has 0 saturated heterocycles. The quantitative estimate of drug-likeness (QED) is 0.764. The van der Waals surface area contributed by atoms with Crippen LogP contribution >= 0.6 is 11.3 Å². The number of hydrogen-bond acceptors (Lipinski definition) is 5. The number of rotatable bonds is 3. The van der Waals surface area contributed by atoms with Crippen LogP contribution in [0, 0.1) is 6.92 Å². The van der Waals surface area contributed by atoms with E-state index in [1.807, 2.05) is 13.8 Å². The Morgan fingerprint density at radius 2 is 2.06 bits per heavy atom. The van der Waals surface area contributed by atoms with Gasteiger partial charge in [0.2, 0.25) is 5.13 Å². The van der Waals surface area contributed by atoms with E-state index < -0.39 is 11.8 Å². The Morgan fingerprint density at radius 1 is 1.38 bits per heavy atom. The summed E-state index contributed by atoms with van der Waals surface area (Å²) in [5.41, 5.74) is 0. The molecular formula is C9H14N4O2S. The van der Waals surface area contributed by atoms with Crippen molar-refractivity contribution in [3.05, 3.63) is 5.01 Å². The predicted molar refractivity (Wildman–Crippen MR) is 61.2 cm³/mol. The molecule has 1 aromatic rings. The molecule has 1 atom stereocenters. The van der Waals surface area contributed by atoms with Crippen LogP contribution in [0.15, 0.2) is 0 Å². The highest BCUT2D eigenvalue weighted by Crippen LogP contribution is 2.13. The molecule has 0 aliphatic rings. The highest BCUT2D eigenvalue weighted by Gasteiger charge is 2.16. The van der Waals surface area contributed by atoms with Crippen LogP contribution in [-0.2, 0) is 9.59 Å². The molecule has 6 nitrogen and oxygen atoms in total. The molecule has 2 N–H and O–H groups in total. The van der Waals surface area contributed by atoms with Crippen LogP contribution in [-0.4, -0.2) is 28.1 Å². The molecular weight excluding hydrogens is 228 g/mol. The number of nitrogens with zero attached hydrogens (tertiary/aromatic N) is 2. The van der Waals surface area contributed by atoms with E-state index in [0.29, 0.717) is 5.13 Å². The molecule has 1 heterocycles. The number of amides is 2. The zero-order valence-electron chi connectivity index (χ0n) is 9.40. The molecule has 0 aromatic carbocycles. The molecule has 16 heavy (non-hydrogen) atoms. The molecule has 0 bridgehead atoms. The summed E-state index contributed by atoms with van der Waals surface area (Å²) in [6.07, 6.45) is 0.775. The highest BCUT2D eigenvalue weighted by atomic mass is 32.1. The minimum absolute atomic E-state index is 0.0191. The molecule has 0 radical (unpaired) electrons. The van der Waals surface area contributed by atoms with Crippen LogP contribution in [0.1, 0.15) is 25.3 Å². The summed E-state index contributed by atoms with van der Waals surface area (Å²) >= 11 is 1.22. The number of aromatic nitrogens is 2.